The van der Waals surface area contributed by atoms with E-state index in [-0.39, 0.29) is 5.56 Å². The van der Waals surface area contributed by atoms with E-state index in [2.05, 4.69) is 0 Å². The van der Waals surface area contributed by atoms with Crippen LogP contribution in [0.25, 0.3) is 0 Å². The number of hydrogen-bond donors (Lipinski definition) is 0. The minimum Gasteiger partial charge on any atom is -0.301 e. The van der Waals surface area contributed by atoms with E-state index in [9.17, 15) is 18.8 Å². The van der Waals surface area contributed by atoms with Crippen molar-refractivity contribution in [3.8, 4) is 0 Å². The Labute approximate surface area is 113 Å². The van der Waals surface area contributed by atoms with E-state index in [1.54, 1.807) is 6.92 Å². The number of nitrogens with zero attached hydrogens (tertiary/aromatic N) is 2. The molecule has 1 aromatic carbocycles. The fourth-order valence-corrected chi connectivity index (χ4v) is 1.84. The minimum atomic E-state index is -0.551. The highest BCUT2D eigenvalue weighted by molar-refractivity contribution is 5.95. The van der Waals surface area contributed by atoms with Gasteiger partial charge in [0.05, 0.1) is 6.54 Å². The molecule has 2 rings (SSSR count). The lowest BCUT2D eigenvalue weighted by Gasteiger charge is -2.07. The number of carbonyl (C=O) groups is 1. The molecule has 1 heterocycles. The van der Waals surface area contributed by atoms with Gasteiger partial charge < -0.3 is 4.57 Å². The van der Waals surface area contributed by atoms with Crippen molar-refractivity contribution in [1.82, 2.24) is 9.13 Å². The number of carbonyl (C=O) groups excluding carboxylic acids is 1. The van der Waals surface area contributed by atoms with E-state index >= 15 is 0 Å². The van der Waals surface area contributed by atoms with E-state index in [0.29, 0.717) is 6.54 Å². The molecule has 0 unspecified atom stereocenters. The SMILES string of the molecule is CCn1ccc(=O)n(CC(=O)c2cccc(F)c2)c1=O. The van der Waals surface area contributed by atoms with Crippen LogP contribution in [0, 0.1) is 5.82 Å². The third-order valence-electron chi connectivity index (χ3n) is 2.93. The first kappa shape index (κ1) is 13.9. The van der Waals surface area contributed by atoms with Crippen molar-refractivity contribution >= 4 is 5.78 Å². The molecule has 0 fully saturated rings. The Morgan fingerprint density at radius 3 is 2.65 bits per heavy atom. The Hall–Kier alpha value is -2.50. The molecule has 20 heavy (non-hydrogen) atoms. The lowest BCUT2D eigenvalue weighted by Crippen LogP contribution is -2.40. The first-order valence-electron chi connectivity index (χ1n) is 6.12. The molecule has 0 spiro atoms. The first-order valence-corrected chi connectivity index (χ1v) is 6.12. The van der Waals surface area contributed by atoms with Gasteiger partial charge in [0.2, 0.25) is 0 Å². The Bertz CT molecular complexity index is 761. The third-order valence-corrected chi connectivity index (χ3v) is 2.93. The fourth-order valence-electron chi connectivity index (χ4n) is 1.84. The van der Waals surface area contributed by atoms with Gasteiger partial charge in [-0.1, -0.05) is 12.1 Å². The predicted molar refractivity (Wildman–Crippen MR) is 71.4 cm³/mol. The third kappa shape index (κ3) is 2.74. The van der Waals surface area contributed by atoms with Crippen molar-refractivity contribution in [2.45, 2.75) is 20.0 Å². The van der Waals surface area contributed by atoms with Crippen LogP contribution in [-0.4, -0.2) is 14.9 Å². The molecule has 0 N–H and O–H groups in total. The average molecular weight is 276 g/mol. The van der Waals surface area contributed by atoms with Crippen LogP contribution in [0.5, 0.6) is 0 Å². The molecule has 0 saturated heterocycles. The summed E-state index contributed by atoms with van der Waals surface area (Å²) in [4.78, 5) is 35.6. The van der Waals surface area contributed by atoms with Gasteiger partial charge in [0, 0.05) is 24.4 Å². The second-order valence-electron chi connectivity index (χ2n) is 4.24. The normalized spacial score (nSPS) is 10.5. The summed E-state index contributed by atoms with van der Waals surface area (Å²) in [5, 5.41) is 0. The molecule has 0 aliphatic carbocycles. The van der Waals surface area contributed by atoms with Gasteiger partial charge >= 0.3 is 5.69 Å². The zero-order valence-corrected chi connectivity index (χ0v) is 10.9. The Morgan fingerprint density at radius 1 is 1.25 bits per heavy atom. The predicted octanol–water partition coefficient (Wildman–Crippen LogP) is 1.05. The van der Waals surface area contributed by atoms with E-state index in [4.69, 9.17) is 0 Å². The van der Waals surface area contributed by atoms with Crippen molar-refractivity contribution in [2.24, 2.45) is 0 Å². The summed E-state index contributed by atoms with van der Waals surface area (Å²) in [6.07, 6.45) is 1.38. The van der Waals surface area contributed by atoms with Gasteiger partial charge in [-0.3, -0.25) is 14.2 Å². The van der Waals surface area contributed by atoms with Crippen molar-refractivity contribution in [3.05, 3.63) is 68.7 Å². The molecule has 2 aromatic rings. The molecule has 0 bridgehead atoms. The summed E-state index contributed by atoms with van der Waals surface area (Å²) < 4.78 is 15.2. The number of Topliss-reactive ketones (excluding diaryl/α,β-unsaturated/α-hetero) is 1. The zero-order valence-electron chi connectivity index (χ0n) is 10.9. The molecular weight excluding hydrogens is 263 g/mol. The number of aryl methyl sites for hydroxylation is 1. The van der Waals surface area contributed by atoms with Gasteiger partial charge in [-0.2, -0.15) is 0 Å². The van der Waals surface area contributed by atoms with E-state index < -0.39 is 29.4 Å². The standard InChI is InChI=1S/C14H13FN2O3/c1-2-16-7-6-13(19)17(14(16)20)9-12(18)10-4-3-5-11(15)8-10/h3-8H,2,9H2,1H3. The van der Waals surface area contributed by atoms with Crippen LogP contribution in [0.15, 0.2) is 46.1 Å². The van der Waals surface area contributed by atoms with Crippen molar-refractivity contribution < 1.29 is 9.18 Å². The summed E-state index contributed by atoms with van der Waals surface area (Å²) in [6, 6.07) is 6.37. The maximum absolute atomic E-state index is 13.1. The van der Waals surface area contributed by atoms with Crippen LogP contribution >= 0.6 is 0 Å². The quantitative estimate of drug-likeness (QED) is 0.784. The molecule has 0 saturated carbocycles. The second kappa shape index (κ2) is 5.64. The fraction of sp³-hybridized carbons (Fsp3) is 0.214. The molecule has 5 nitrogen and oxygen atoms in total. The largest absolute Gasteiger partial charge is 0.331 e. The molecule has 0 aliphatic rings. The van der Waals surface area contributed by atoms with Crippen LogP contribution in [0.3, 0.4) is 0 Å². The molecule has 1 aromatic heterocycles. The van der Waals surface area contributed by atoms with Crippen LogP contribution in [0.4, 0.5) is 4.39 Å². The maximum Gasteiger partial charge on any atom is 0.331 e. The van der Waals surface area contributed by atoms with E-state index in [1.807, 2.05) is 0 Å². The number of halogens is 1. The summed E-state index contributed by atoms with van der Waals surface area (Å²) in [6.45, 7) is 1.75. The number of aromatic nitrogens is 2. The Kier molecular flexibility index (Phi) is 3.93. The highest BCUT2D eigenvalue weighted by Crippen LogP contribution is 2.04. The second-order valence-corrected chi connectivity index (χ2v) is 4.24. The smallest absolute Gasteiger partial charge is 0.301 e. The van der Waals surface area contributed by atoms with Crippen LogP contribution in [0.1, 0.15) is 17.3 Å². The zero-order chi connectivity index (χ0) is 14.7. The van der Waals surface area contributed by atoms with Crippen molar-refractivity contribution in [2.75, 3.05) is 0 Å². The summed E-state index contributed by atoms with van der Waals surface area (Å²) in [7, 11) is 0. The first-order chi connectivity index (χ1) is 9.52. The van der Waals surface area contributed by atoms with Gasteiger partial charge in [-0.15, -0.1) is 0 Å². The minimum absolute atomic E-state index is 0.128. The van der Waals surface area contributed by atoms with Gasteiger partial charge in [0.1, 0.15) is 5.82 Å². The van der Waals surface area contributed by atoms with Crippen molar-refractivity contribution in [3.63, 3.8) is 0 Å². The summed E-state index contributed by atoms with van der Waals surface area (Å²) in [5.74, 6) is -1.03. The molecule has 104 valence electrons. The lowest BCUT2D eigenvalue weighted by molar-refractivity contribution is 0.0968. The van der Waals surface area contributed by atoms with Gasteiger partial charge in [-0.25, -0.2) is 9.18 Å². The van der Waals surface area contributed by atoms with Gasteiger partial charge in [0.25, 0.3) is 5.56 Å². The lowest BCUT2D eigenvalue weighted by atomic mass is 10.1. The van der Waals surface area contributed by atoms with Gasteiger partial charge in [-0.05, 0) is 19.1 Å². The molecular formula is C14H13FN2O3. The Balaban J connectivity index is 2.38. The Morgan fingerprint density at radius 2 is 2.00 bits per heavy atom. The summed E-state index contributed by atoms with van der Waals surface area (Å²) in [5.41, 5.74) is -0.975. The van der Waals surface area contributed by atoms with E-state index in [1.165, 1.54) is 35.0 Å². The van der Waals surface area contributed by atoms with Gasteiger partial charge in [0.15, 0.2) is 5.78 Å². The topological polar surface area (TPSA) is 61.1 Å². The number of hydrogen-bond acceptors (Lipinski definition) is 3. The van der Waals surface area contributed by atoms with Crippen molar-refractivity contribution in [1.29, 1.82) is 0 Å². The average Bonchev–Trinajstić information content (AvgIpc) is 2.43. The highest BCUT2D eigenvalue weighted by Gasteiger charge is 2.12. The highest BCUT2D eigenvalue weighted by atomic mass is 19.1. The van der Waals surface area contributed by atoms with E-state index in [0.717, 1.165) is 10.6 Å². The molecule has 0 radical (unpaired) electrons. The monoisotopic (exact) mass is 276 g/mol. The molecule has 0 amide bonds. The van der Waals surface area contributed by atoms with Crippen LogP contribution in [0.2, 0.25) is 0 Å². The molecule has 0 atom stereocenters. The molecule has 0 aliphatic heterocycles. The van der Waals surface area contributed by atoms with Crippen LogP contribution in [-0.2, 0) is 13.1 Å². The number of ketones is 1. The maximum atomic E-state index is 13.1. The summed E-state index contributed by atoms with van der Waals surface area (Å²) >= 11 is 0. The molecule has 6 heteroatoms. The number of rotatable bonds is 4. The number of benzene rings is 1. The van der Waals surface area contributed by atoms with Crippen LogP contribution < -0.4 is 11.2 Å².